The van der Waals surface area contributed by atoms with Gasteiger partial charge in [-0.25, -0.2) is 0 Å². The van der Waals surface area contributed by atoms with Gasteiger partial charge in [-0.2, -0.15) is 0 Å². The number of pyridine rings is 2. The molecule has 0 fully saturated rings. The number of fused-ring (bicyclic) bond motifs is 3. The summed E-state index contributed by atoms with van der Waals surface area (Å²) in [6, 6.07) is 29.3. The topological polar surface area (TPSA) is 25.8 Å². The van der Waals surface area contributed by atoms with Crippen molar-refractivity contribution in [2.45, 2.75) is 0 Å². The van der Waals surface area contributed by atoms with Crippen LogP contribution in [0.5, 0.6) is 0 Å². The molecule has 4 heteroatoms. The predicted molar refractivity (Wildman–Crippen MR) is 122 cm³/mol. The van der Waals surface area contributed by atoms with Gasteiger partial charge in [0.1, 0.15) is 0 Å². The maximum absolute atomic E-state index is 4.67. The van der Waals surface area contributed by atoms with Gasteiger partial charge in [0.15, 0.2) is 0 Å². The molecule has 0 aliphatic rings. The first-order chi connectivity index (χ1) is 12.9. The Kier molecular flexibility index (Phi) is 7.05. The van der Waals surface area contributed by atoms with Crippen molar-refractivity contribution in [3.8, 4) is 22.3 Å². The van der Waals surface area contributed by atoms with Crippen LogP contribution in [0.1, 0.15) is 0 Å². The Labute approximate surface area is 208 Å². The molecule has 5 aromatic rings. The molecule has 5 rings (SSSR count). The van der Waals surface area contributed by atoms with E-state index in [0.29, 0.717) is 0 Å². The van der Waals surface area contributed by atoms with Crippen LogP contribution < -0.4 is 0 Å². The van der Waals surface area contributed by atoms with Gasteiger partial charge >= 0.3 is 59.1 Å². The summed E-state index contributed by atoms with van der Waals surface area (Å²) in [5, 5.41) is 2.26. The van der Waals surface area contributed by atoms with Crippen molar-refractivity contribution in [1.82, 2.24) is 9.97 Å². The van der Waals surface area contributed by atoms with E-state index in [1.165, 1.54) is 22.3 Å². The molecule has 28 heavy (non-hydrogen) atoms. The minimum absolute atomic E-state index is 0. The Balaban J connectivity index is 0.00000112. The van der Waals surface area contributed by atoms with E-state index in [0.717, 1.165) is 21.8 Å². The number of hydrogen-bond acceptors (Lipinski definition) is 2. The van der Waals surface area contributed by atoms with Crippen LogP contribution in [0.15, 0.2) is 97.3 Å². The molecule has 0 aliphatic heterocycles. The second-order valence-corrected chi connectivity index (χ2v) is 6.31. The van der Waals surface area contributed by atoms with Crippen molar-refractivity contribution < 1.29 is 0 Å². The van der Waals surface area contributed by atoms with Gasteiger partial charge in [-0.15, -0.1) is 0 Å². The molecule has 0 radical (unpaired) electrons. The number of hydrogen-bond donors (Lipinski definition) is 0. The average Bonchev–Trinajstić information content (AvgIpc) is 2.74. The number of nitrogens with zero attached hydrogens (tertiary/aromatic N) is 2. The minimum atomic E-state index is 0. The molecular weight excluding hydrogens is 362 g/mol. The third-order valence-electron chi connectivity index (χ3n) is 4.79. The Morgan fingerprint density at radius 3 is 1.21 bits per heavy atom. The second-order valence-electron chi connectivity index (χ2n) is 6.31. The molecule has 0 amide bonds. The molecule has 0 unspecified atom stereocenters. The Morgan fingerprint density at radius 1 is 0.429 bits per heavy atom. The Hall–Kier alpha value is -1.52. The fourth-order valence-electron chi connectivity index (χ4n) is 3.57. The zero-order valence-corrected chi connectivity index (χ0v) is 14.1. The molecule has 2 heterocycles. The van der Waals surface area contributed by atoms with Crippen LogP contribution in [0.3, 0.4) is 0 Å². The van der Waals surface area contributed by atoms with Crippen molar-refractivity contribution in [3.63, 3.8) is 0 Å². The summed E-state index contributed by atoms with van der Waals surface area (Å²) in [6.45, 7) is 0. The molecule has 0 saturated heterocycles. The SMILES string of the molecule is [NaH].[NaH].c1ccc(-c2ccnc3c2ccc2c(-c4ccccc4)ccnc23)cc1. The second kappa shape index (κ2) is 9.32. The smallest absolute Gasteiger partial charge is 0.0970 e. The predicted octanol–water partition coefficient (Wildman–Crippen LogP) is 4.82. The van der Waals surface area contributed by atoms with E-state index in [-0.39, 0.29) is 59.1 Å². The molecule has 0 spiro atoms. The summed E-state index contributed by atoms with van der Waals surface area (Å²) in [5.41, 5.74) is 6.65. The molecule has 0 atom stereocenters. The van der Waals surface area contributed by atoms with E-state index in [4.69, 9.17) is 0 Å². The summed E-state index contributed by atoms with van der Waals surface area (Å²) in [4.78, 5) is 9.34. The summed E-state index contributed by atoms with van der Waals surface area (Å²) in [6.07, 6.45) is 3.75. The molecular formula is C24H18N2Na2. The normalized spacial score (nSPS) is 10.3. The molecule has 0 N–H and O–H groups in total. The van der Waals surface area contributed by atoms with Crippen LogP contribution in [-0.2, 0) is 0 Å². The van der Waals surface area contributed by atoms with E-state index < -0.39 is 0 Å². The summed E-state index contributed by atoms with van der Waals surface area (Å²) in [7, 11) is 0. The first-order valence-corrected chi connectivity index (χ1v) is 8.69. The fraction of sp³-hybridized carbons (Fsp3) is 0. The van der Waals surface area contributed by atoms with E-state index in [9.17, 15) is 0 Å². The molecule has 2 aromatic heterocycles. The molecule has 3 aromatic carbocycles. The van der Waals surface area contributed by atoms with Gasteiger partial charge in [-0.3, -0.25) is 9.97 Å². The summed E-state index contributed by atoms with van der Waals surface area (Å²) < 4.78 is 0. The van der Waals surface area contributed by atoms with Crippen LogP contribution in [0.2, 0.25) is 0 Å². The molecule has 126 valence electrons. The van der Waals surface area contributed by atoms with Gasteiger partial charge in [0.25, 0.3) is 0 Å². The zero-order chi connectivity index (χ0) is 17.3. The molecule has 0 aliphatic carbocycles. The molecule has 0 saturated carbocycles. The fourth-order valence-corrected chi connectivity index (χ4v) is 3.57. The zero-order valence-electron chi connectivity index (χ0n) is 14.1. The van der Waals surface area contributed by atoms with Crippen LogP contribution in [0, 0.1) is 0 Å². The van der Waals surface area contributed by atoms with Crippen molar-refractivity contribution in [3.05, 3.63) is 97.3 Å². The molecule has 2 nitrogen and oxygen atoms in total. The van der Waals surface area contributed by atoms with Gasteiger partial charge in [0.05, 0.1) is 11.0 Å². The van der Waals surface area contributed by atoms with Crippen molar-refractivity contribution >= 4 is 80.9 Å². The average molecular weight is 380 g/mol. The maximum atomic E-state index is 4.67. The van der Waals surface area contributed by atoms with Crippen LogP contribution >= 0.6 is 0 Å². The van der Waals surface area contributed by atoms with Gasteiger partial charge in [0.2, 0.25) is 0 Å². The number of benzene rings is 3. The Bertz CT molecular complexity index is 1120. The number of rotatable bonds is 2. The van der Waals surface area contributed by atoms with Gasteiger partial charge < -0.3 is 0 Å². The van der Waals surface area contributed by atoms with Gasteiger partial charge in [-0.1, -0.05) is 72.8 Å². The van der Waals surface area contributed by atoms with E-state index in [2.05, 4.69) is 82.8 Å². The summed E-state index contributed by atoms with van der Waals surface area (Å²) >= 11 is 0. The van der Waals surface area contributed by atoms with Crippen LogP contribution in [0.25, 0.3) is 44.1 Å². The van der Waals surface area contributed by atoms with Gasteiger partial charge in [-0.05, 0) is 34.4 Å². The van der Waals surface area contributed by atoms with Crippen molar-refractivity contribution in [2.75, 3.05) is 0 Å². The van der Waals surface area contributed by atoms with Crippen molar-refractivity contribution in [1.29, 1.82) is 0 Å². The van der Waals surface area contributed by atoms with Crippen LogP contribution in [0.4, 0.5) is 0 Å². The number of aromatic nitrogens is 2. The van der Waals surface area contributed by atoms with Crippen molar-refractivity contribution in [2.24, 2.45) is 0 Å². The third kappa shape index (κ3) is 3.81. The quantitative estimate of drug-likeness (QED) is 0.324. The third-order valence-corrected chi connectivity index (χ3v) is 4.79. The minimum Gasteiger partial charge on any atom is -0.254 e. The van der Waals surface area contributed by atoms with E-state index in [1.807, 2.05) is 24.5 Å². The summed E-state index contributed by atoms with van der Waals surface area (Å²) in [5.74, 6) is 0. The van der Waals surface area contributed by atoms with Crippen LogP contribution in [-0.4, -0.2) is 69.1 Å². The van der Waals surface area contributed by atoms with Gasteiger partial charge in [0, 0.05) is 23.2 Å². The standard InChI is InChI=1S/C24H16N2.2Na.2H/c1-3-7-17(8-4-1)19-13-15-25-23-21(19)11-12-22-20(14-16-26-24(22)23)18-9-5-2-6-10-18;;;;/h1-16H;;;;. The first kappa shape index (κ1) is 21.2. The largest absolute Gasteiger partial charge is 0.254 e. The van der Waals surface area contributed by atoms with E-state index in [1.54, 1.807) is 0 Å². The Morgan fingerprint density at radius 2 is 0.821 bits per heavy atom. The van der Waals surface area contributed by atoms with E-state index >= 15 is 0 Å². The monoisotopic (exact) mass is 380 g/mol. The molecule has 0 bridgehead atoms. The first-order valence-electron chi connectivity index (χ1n) is 8.69. The maximum Gasteiger partial charge on any atom is 0.0970 e.